The summed E-state index contributed by atoms with van der Waals surface area (Å²) in [6.07, 6.45) is 1.01. The molecule has 1 aromatic rings. The quantitative estimate of drug-likeness (QED) is 0.750. The number of hydrogen-bond donors (Lipinski definition) is 1. The Bertz CT molecular complexity index is 494. The highest BCUT2D eigenvalue weighted by molar-refractivity contribution is 7.89. The summed E-state index contributed by atoms with van der Waals surface area (Å²) in [6, 6.07) is 7.82. The smallest absolute Gasteiger partial charge is 0.218 e. The Kier molecular flexibility index (Phi) is 6.65. The van der Waals surface area contributed by atoms with E-state index in [-0.39, 0.29) is 0 Å². The van der Waals surface area contributed by atoms with E-state index in [0.717, 1.165) is 12.0 Å². The van der Waals surface area contributed by atoms with Crippen LogP contribution in [0.25, 0.3) is 0 Å². The number of rotatable bonds is 8. The van der Waals surface area contributed by atoms with Gasteiger partial charge in [-0.3, -0.25) is 0 Å². The van der Waals surface area contributed by atoms with Crippen LogP contribution >= 0.6 is 0 Å². The maximum atomic E-state index is 12.1. The summed E-state index contributed by atoms with van der Waals surface area (Å²) in [4.78, 5) is 0. The Morgan fingerprint density at radius 1 is 1.15 bits per heavy atom. The number of nitrogens with one attached hydrogen (secondary N) is 1. The third-order valence-corrected chi connectivity index (χ3v) is 4.98. The van der Waals surface area contributed by atoms with E-state index in [9.17, 15) is 8.42 Å². The van der Waals surface area contributed by atoms with Crippen LogP contribution in [0, 0.1) is 5.92 Å². The third-order valence-electron chi connectivity index (χ3n) is 3.17. The van der Waals surface area contributed by atoms with E-state index in [1.165, 1.54) is 5.56 Å². The van der Waals surface area contributed by atoms with Gasteiger partial charge in [-0.1, -0.05) is 38.1 Å². The van der Waals surface area contributed by atoms with E-state index < -0.39 is 15.3 Å². The monoisotopic (exact) mass is 299 g/mol. The molecular formula is C15H25NO3S. The van der Waals surface area contributed by atoms with Crippen LogP contribution in [-0.2, 0) is 21.2 Å². The van der Waals surface area contributed by atoms with Crippen molar-refractivity contribution in [1.82, 2.24) is 4.72 Å². The van der Waals surface area contributed by atoms with Crippen molar-refractivity contribution in [3.63, 3.8) is 0 Å². The largest absolute Gasteiger partial charge is 0.383 e. The van der Waals surface area contributed by atoms with Gasteiger partial charge in [0.1, 0.15) is 0 Å². The fourth-order valence-corrected chi connectivity index (χ4v) is 3.12. The van der Waals surface area contributed by atoms with Crippen LogP contribution in [0.5, 0.6) is 0 Å². The molecule has 1 rings (SSSR count). The maximum Gasteiger partial charge on any atom is 0.218 e. The molecule has 20 heavy (non-hydrogen) atoms. The SMILES string of the molecule is COCCNS(=O)(=O)C(C)c1ccc(CC(C)C)cc1. The van der Waals surface area contributed by atoms with Crippen LogP contribution in [0.1, 0.15) is 37.1 Å². The average molecular weight is 299 g/mol. The molecule has 5 heteroatoms. The van der Waals surface area contributed by atoms with Gasteiger partial charge in [-0.15, -0.1) is 0 Å². The molecule has 0 saturated carbocycles. The molecule has 0 radical (unpaired) electrons. The first-order valence-corrected chi connectivity index (χ1v) is 8.47. The van der Waals surface area contributed by atoms with Crippen LogP contribution in [0.4, 0.5) is 0 Å². The Hall–Kier alpha value is -0.910. The van der Waals surface area contributed by atoms with E-state index in [1.54, 1.807) is 14.0 Å². The van der Waals surface area contributed by atoms with Gasteiger partial charge in [-0.25, -0.2) is 13.1 Å². The average Bonchev–Trinajstić information content (AvgIpc) is 2.38. The van der Waals surface area contributed by atoms with E-state index in [2.05, 4.69) is 18.6 Å². The molecule has 1 unspecified atom stereocenters. The molecule has 114 valence electrons. The number of benzene rings is 1. The van der Waals surface area contributed by atoms with E-state index in [0.29, 0.717) is 19.1 Å². The van der Waals surface area contributed by atoms with Gasteiger partial charge in [0, 0.05) is 13.7 Å². The second-order valence-corrected chi connectivity index (χ2v) is 7.50. The Morgan fingerprint density at radius 3 is 2.25 bits per heavy atom. The van der Waals surface area contributed by atoms with Gasteiger partial charge in [-0.05, 0) is 30.4 Å². The molecule has 1 atom stereocenters. The molecule has 4 nitrogen and oxygen atoms in total. The normalized spacial score (nSPS) is 13.7. The Morgan fingerprint density at radius 2 is 1.75 bits per heavy atom. The van der Waals surface area contributed by atoms with Crippen molar-refractivity contribution in [1.29, 1.82) is 0 Å². The third kappa shape index (κ3) is 5.23. The predicted octanol–water partition coefficient (Wildman–Crippen LogP) is 2.51. The van der Waals surface area contributed by atoms with E-state index in [1.807, 2.05) is 24.3 Å². The van der Waals surface area contributed by atoms with Crippen molar-refractivity contribution in [3.05, 3.63) is 35.4 Å². The minimum atomic E-state index is -3.35. The van der Waals surface area contributed by atoms with E-state index in [4.69, 9.17) is 4.74 Å². The first kappa shape index (κ1) is 17.1. The molecule has 0 fully saturated rings. The first-order chi connectivity index (χ1) is 9.36. The summed E-state index contributed by atoms with van der Waals surface area (Å²) < 4.78 is 31.6. The lowest BCUT2D eigenvalue weighted by atomic mass is 10.0. The lowest BCUT2D eigenvalue weighted by Gasteiger charge is -2.15. The van der Waals surface area contributed by atoms with Crippen molar-refractivity contribution in [2.75, 3.05) is 20.3 Å². The zero-order chi connectivity index (χ0) is 15.2. The number of ether oxygens (including phenoxy) is 1. The van der Waals surface area contributed by atoms with Gasteiger partial charge < -0.3 is 4.74 Å². The molecule has 0 aromatic heterocycles. The highest BCUT2D eigenvalue weighted by Crippen LogP contribution is 2.21. The van der Waals surface area contributed by atoms with E-state index >= 15 is 0 Å². The molecule has 0 spiro atoms. The van der Waals surface area contributed by atoms with Crippen molar-refractivity contribution in [3.8, 4) is 0 Å². The van der Waals surface area contributed by atoms with Crippen molar-refractivity contribution >= 4 is 10.0 Å². The van der Waals surface area contributed by atoms with Crippen molar-refractivity contribution in [2.45, 2.75) is 32.4 Å². The predicted molar refractivity (Wildman–Crippen MR) is 82.2 cm³/mol. The topological polar surface area (TPSA) is 55.4 Å². The summed E-state index contributed by atoms with van der Waals surface area (Å²) in [5.74, 6) is 0.595. The molecule has 0 amide bonds. The molecule has 0 aliphatic rings. The summed E-state index contributed by atoms with van der Waals surface area (Å²) in [5.41, 5.74) is 2.04. The molecule has 0 aliphatic carbocycles. The van der Waals surface area contributed by atoms with Crippen LogP contribution < -0.4 is 4.72 Å². The van der Waals surface area contributed by atoms with Crippen LogP contribution in [0.3, 0.4) is 0 Å². The van der Waals surface area contributed by atoms with Crippen molar-refractivity contribution < 1.29 is 13.2 Å². The van der Waals surface area contributed by atoms with Gasteiger partial charge in [0.25, 0.3) is 0 Å². The fraction of sp³-hybridized carbons (Fsp3) is 0.600. The van der Waals surface area contributed by atoms with Crippen LogP contribution in [0.2, 0.25) is 0 Å². The number of sulfonamides is 1. The molecular weight excluding hydrogens is 274 g/mol. The summed E-state index contributed by atoms with van der Waals surface area (Å²) >= 11 is 0. The first-order valence-electron chi connectivity index (χ1n) is 6.93. The molecule has 0 saturated heterocycles. The standard InChI is InChI=1S/C15H25NO3S/c1-12(2)11-14-5-7-15(8-6-14)13(3)20(17,18)16-9-10-19-4/h5-8,12-13,16H,9-11H2,1-4H3. The summed E-state index contributed by atoms with van der Waals surface area (Å²) in [5, 5.41) is -0.563. The van der Waals surface area contributed by atoms with Crippen molar-refractivity contribution in [2.24, 2.45) is 5.92 Å². The molecule has 0 heterocycles. The zero-order valence-electron chi connectivity index (χ0n) is 12.7. The minimum absolute atomic E-state index is 0.300. The van der Waals surface area contributed by atoms with Crippen LogP contribution in [0.15, 0.2) is 24.3 Å². The number of methoxy groups -OCH3 is 1. The Labute approximate surface area is 122 Å². The summed E-state index contributed by atoms with van der Waals surface area (Å²) in [7, 11) is -1.80. The lowest BCUT2D eigenvalue weighted by molar-refractivity contribution is 0.204. The second kappa shape index (κ2) is 7.76. The zero-order valence-corrected chi connectivity index (χ0v) is 13.5. The van der Waals surface area contributed by atoms with Crippen LogP contribution in [-0.4, -0.2) is 28.7 Å². The van der Waals surface area contributed by atoms with Gasteiger partial charge in [0.15, 0.2) is 0 Å². The minimum Gasteiger partial charge on any atom is -0.383 e. The number of hydrogen-bond acceptors (Lipinski definition) is 3. The van der Waals surface area contributed by atoms with Gasteiger partial charge in [-0.2, -0.15) is 0 Å². The maximum absolute atomic E-state index is 12.1. The highest BCUT2D eigenvalue weighted by Gasteiger charge is 2.21. The second-order valence-electron chi connectivity index (χ2n) is 5.41. The van der Waals surface area contributed by atoms with Gasteiger partial charge in [0.2, 0.25) is 10.0 Å². The van der Waals surface area contributed by atoms with Gasteiger partial charge >= 0.3 is 0 Å². The summed E-state index contributed by atoms with van der Waals surface area (Å²) in [6.45, 7) is 6.71. The molecule has 0 bridgehead atoms. The molecule has 1 aromatic carbocycles. The molecule has 1 N–H and O–H groups in total. The fourth-order valence-electron chi connectivity index (χ4n) is 1.99. The highest BCUT2D eigenvalue weighted by atomic mass is 32.2. The lowest BCUT2D eigenvalue weighted by Crippen LogP contribution is -2.30. The van der Waals surface area contributed by atoms with Gasteiger partial charge in [0.05, 0.1) is 11.9 Å². The Balaban J connectivity index is 2.73. The molecule has 0 aliphatic heterocycles.